The summed E-state index contributed by atoms with van der Waals surface area (Å²) < 4.78 is 11.4. The first kappa shape index (κ1) is 19.4. The lowest BCUT2D eigenvalue weighted by Crippen LogP contribution is -2.31. The average molecular weight is 384 g/mol. The van der Waals surface area contributed by atoms with Crippen molar-refractivity contribution in [2.75, 3.05) is 7.11 Å². The number of nitrogens with one attached hydrogen (secondary N) is 1. The molecule has 1 heterocycles. The van der Waals surface area contributed by atoms with E-state index in [0.717, 1.165) is 16.9 Å². The van der Waals surface area contributed by atoms with Gasteiger partial charge in [-0.25, -0.2) is 0 Å². The molecule has 2 atom stereocenters. The van der Waals surface area contributed by atoms with E-state index in [1.165, 1.54) is 4.88 Å². The molecule has 3 rings (SSSR count). The van der Waals surface area contributed by atoms with E-state index in [0.29, 0.717) is 18.9 Å². The van der Waals surface area contributed by atoms with Crippen molar-refractivity contribution in [1.29, 1.82) is 0 Å². The summed E-state index contributed by atoms with van der Waals surface area (Å²) in [6, 6.07) is 19.6. The number of rotatable bonds is 9. The van der Waals surface area contributed by atoms with Crippen LogP contribution in [0, 0.1) is 0 Å². The highest BCUT2D eigenvalue weighted by molar-refractivity contribution is 7.09. The Balaban J connectivity index is 1.58. The van der Waals surface area contributed by atoms with Crippen molar-refractivity contribution in [3.8, 4) is 11.5 Å². The quantitative estimate of drug-likeness (QED) is 0.569. The number of methoxy groups -OCH3 is 1. The molecule has 0 aliphatic rings. The number of benzene rings is 2. The Morgan fingerprint density at radius 2 is 1.85 bits per heavy atom. The number of ether oxygens (including phenoxy) is 2. The van der Waals surface area contributed by atoms with Crippen LogP contribution in [0.5, 0.6) is 11.5 Å². The van der Waals surface area contributed by atoms with Crippen LogP contribution in [-0.2, 0) is 13.2 Å². The van der Waals surface area contributed by atoms with Gasteiger partial charge in [0, 0.05) is 17.5 Å². The van der Waals surface area contributed by atoms with Gasteiger partial charge in [0.1, 0.15) is 6.61 Å². The van der Waals surface area contributed by atoms with E-state index in [1.54, 1.807) is 18.4 Å². The minimum Gasteiger partial charge on any atom is -0.493 e. The van der Waals surface area contributed by atoms with Crippen LogP contribution in [0.4, 0.5) is 0 Å². The summed E-state index contributed by atoms with van der Waals surface area (Å²) >= 11 is 1.67. The second kappa shape index (κ2) is 9.55. The van der Waals surface area contributed by atoms with Gasteiger partial charge in [-0.3, -0.25) is 0 Å². The van der Waals surface area contributed by atoms with Gasteiger partial charge in [0.15, 0.2) is 11.5 Å². The second-order valence-electron chi connectivity index (χ2n) is 6.38. The molecule has 0 saturated carbocycles. The summed E-state index contributed by atoms with van der Waals surface area (Å²) in [6.07, 6.45) is -0.554. The Labute approximate surface area is 164 Å². The van der Waals surface area contributed by atoms with Gasteiger partial charge < -0.3 is 19.9 Å². The third-order valence-electron chi connectivity index (χ3n) is 4.42. The smallest absolute Gasteiger partial charge is 0.161 e. The van der Waals surface area contributed by atoms with Crippen molar-refractivity contribution >= 4 is 11.3 Å². The van der Waals surface area contributed by atoms with Crippen molar-refractivity contribution < 1.29 is 14.6 Å². The van der Waals surface area contributed by atoms with E-state index in [-0.39, 0.29) is 6.04 Å². The van der Waals surface area contributed by atoms with Crippen LogP contribution in [0.15, 0.2) is 66.0 Å². The first-order chi connectivity index (χ1) is 13.2. The van der Waals surface area contributed by atoms with Gasteiger partial charge in [-0.15, -0.1) is 11.3 Å². The fourth-order valence-electron chi connectivity index (χ4n) is 2.81. The number of aliphatic hydroxyl groups excluding tert-OH is 1. The zero-order chi connectivity index (χ0) is 19.1. The van der Waals surface area contributed by atoms with Crippen molar-refractivity contribution in [3.63, 3.8) is 0 Å². The van der Waals surface area contributed by atoms with Crippen molar-refractivity contribution in [1.82, 2.24) is 5.32 Å². The van der Waals surface area contributed by atoms with Gasteiger partial charge >= 0.3 is 0 Å². The normalized spacial score (nSPS) is 13.1. The number of aliphatic hydroxyl groups is 1. The Morgan fingerprint density at radius 3 is 2.56 bits per heavy atom. The summed E-state index contributed by atoms with van der Waals surface area (Å²) in [7, 11) is 1.65. The standard InChI is InChI=1S/C22H25NO3S/c1-16(22(24)18-7-4-3-5-8-18)23-14-17-10-11-20(21(13-17)25-2)26-15-19-9-6-12-27-19/h3-13,16,22-24H,14-15H2,1-2H3/t16-,22+/m1/s1. The predicted octanol–water partition coefficient (Wildman–Crippen LogP) is 4.55. The van der Waals surface area contributed by atoms with E-state index in [9.17, 15) is 5.11 Å². The maximum Gasteiger partial charge on any atom is 0.161 e. The molecule has 0 aliphatic carbocycles. The lowest BCUT2D eigenvalue weighted by atomic mass is 10.0. The molecule has 5 heteroatoms. The third kappa shape index (κ3) is 5.32. The van der Waals surface area contributed by atoms with E-state index in [1.807, 2.05) is 66.9 Å². The highest BCUT2D eigenvalue weighted by atomic mass is 32.1. The van der Waals surface area contributed by atoms with Crippen LogP contribution in [0.2, 0.25) is 0 Å². The monoisotopic (exact) mass is 383 g/mol. The van der Waals surface area contributed by atoms with Crippen molar-refractivity contribution in [3.05, 3.63) is 82.0 Å². The molecule has 4 nitrogen and oxygen atoms in total. The van der Waals surface area contributed by atoms with Gasteiger partial charge in [-0.05, 0) is 41.6 Å². The van der Waals surface area contributed by atoms with Crippen LogP contribution in [0.1, 0.15) is 29.0 Å². The van der Waals surface area contributed by atoms with Gasteiger partial charge in [-0.1, -0.05) is 42.5 Å². The molecule has 0 bridgehead atoms. The molecule has 2 N–H and O–H groups in total. The van der Waals surface area contributed by atoms with Gasteiger partial charge in [0.25, 0.3) is 0 Å². The lowest BCUT2D eigenvalue weighted by molar-refractivity contribution is 0.135. The molecule has 27 heavy (non-hydrogen) atoms. The first-order valence-corrected chi connectivity index (χ1v) is 9.84. The van der Waals surface area contributed by atoms with Crippen molar-refractivity contribution in [2.45, 2.75) is 32.2 Å². The Hall–Kier alpha value is -2.34. The molecule has 0 radical (unpaired) electrons. The topological polar surface area (TPSA) is 50.7 Å². The fraction of sp³-hybridized carbons (Fsp3) is 0.273. The average Bonchev–Trinajstić information content (AvgIpc) is 3.24. The molecule has 0 saturated heterocycles. The van der Waals surface area contributed by atoms with Crippen LogP contribution >= 0.6 is 11.3 Å². The maximum atomic E-state index is 10.5. The Morgan fingerprint density at radius 1 is 1.04 bits per heavy atom. The maximum absolute atomic E-state index is 10.5. The van der Waals surface area contributed by atoms with Gasteiger partial charge in [0.2, 0.25) is 0 Å². The van der Waals surface area contributed by atoms with Gasteiger partial charge in [-0.2, -0.15) is 0 Å². The molecule has 0 fully saturated rings. The summed E-state index contributed by atoms with van der Waals surface area (Å²) in [6.45, 7) is 3.14. The fourth-order valence-corrected chi connectivity index (χ4v) is 3.43. The van der Waals surface area contributed by atoms with Crippen LogP contribution in [0.25, 0.3) is 0 Å². The van der Waals surface area contributed by atoms with E-state index in [2.05, 4.69) is 11.4 Å². The Kier molecular flexibility index (Phi) is 6.87. The van der Waals surface area contributed by atoms with E-state index >= 15 is 0 Å². The van der Waals surface area contributed by atoms with Crippen molar-refractivity contribution in [2.24, 2.45) is 0 Å². The predicted molar refractivity (Wildman–Crippen MR) is 109 cm³/mol. The summed E-state index contributed by atoms with van der Waals surface area (Å²) in [5.41, 5.74) is 1.98. The summed E-state index contributed by atoms with van der Waals surface area (Å²) in [4.78, 5) is 1.17. The van der Waals surface area contributed by atoms with E-state index in [4.69, 9.17) is 9.47 Å². The molecular formula is C22H25NO3S. The van der Waals surface area contributed by atoms with Crippen LogP contribution in [0.3, 0.4) is 0 Å². The highest BCUT2D eigenvalue weighted by Crippen LogP contribution is 2.29. The number of hydrogen-bond acceptors (Lipinski definition) is 5. The first-order valence-electron chi connectivity index (χ1n) is 8.96. The molecule has 2 aromatic carbocycles. The van der Waals surface area contributed by atoms with Gasteiger partial charge in [0.05, 0.1) is 13.2 Å². The van der Waals surface area contributed by atoms with E-state index < -0.39 is 6.10 Å². The molecular weight excluding hydrogens is 358 g/mol. The molecule has 0 aliphatic heterocycles. The number of thiophene rings is 1. The summed E-state index contributed by atoms with van der Waals surface area (Å²) in [5.74, 6) is 1.44. The highest BCUT2D eigenvalue weighted by Gasteiger charge is 2.16. The molecule has 0 amide bonds. The largest absolute Gasteiger partial charge is 0.493 e. The van der Waals surface area contributed by atoms with Crippen LogP contribution < -0.4 is 14.8 Å². The zero-order valence-corrected chi connectivity index (χ0v) is 16.4. The molecule has 0 spiro atoms. The molecule has 3 aromatic rings. The minimum atomic E-state index is -0.554. The number of hydrogen-bond donors (Lipinski definition) is 2. The molecule has 0 unspecified atom stereocenters. The van der Waals surface area contributed by atoms with Crippen LogP contribution in [-0.4, -0.2) is 18.3 Å². The second-order valence-corrected chi connectivity index (χ2v) is 7.41. The zero-order valence-electron chi connectivity index (χ0n) is 15.6. The molecule has 142 valence electrons. The minimum absolute atomic E-state index is 0.0758. The third-order valence-corrected chi connectivity index (χ3v) is 5.27. The SMILES string of the molecule is COc1cc(CN[C@H](C)[C@H](O)c2ccccc2)ccc1OCc1cccs1. The Bertz CT molecular complexity index is 821. The molecule has 1 aromatic heterocycles. The summed E-state index contributed by atoms with van der Waals surface area (Å²) in [5, 5.41) is 15.9. The lowest BCUT2D eigenvalue weighted by Gasteiger charge is -2.21.